The summed E-state index contributed by atoms with van der Waals surface area (Å²) in [4.78, 5) is 44.5. The molecule has 0 bridgehead atoms. The lowest BCUT2D eigenvalue weighted by atomic mass is 10.2. The number of carbonyl (C=O) groups excluding carboxylic acids is 2. The summed E-state index contributed by atoms with van der Waals surface area (Å²) in [6, 6.07) is 8.95. The Morgan fingerprint density at radius 2 is 1.58 bits per heavy atom. The number of hydrogen-bond donors (Lipinski definition) is 1. The number of amides is 3. The smallest absolute Gasteiger partial charge is 0.320 e. The summed E-state index contributed by atoms with van der Waals surface area (Å²) in [6.07, 6.45) is 0. The second-order valence-corrected chi connectivity index (χ2v) is 8.51. The summed E-state index contributed by atoms with van der Waals surface area (Å²) in [5.41, 5.74) is 1.45. The Bertz CT molecular complexity index is 1050. The molecule has 10 nitrogen and oxygen atoms in total. The monoisotopic (exact) mass is 456 g/mol. The van der Waals surface area contributed by atoms with E-state index in [0.29, 0.717) is 63.9 Å². The van der Waals surface area contributed by atoms with Gasteiger partial charge in [0.25, 0.3) is 5.56 Å². The quantitative estimate of drug-likeness (QED) is 0.738. The number of para-hydroxylation sites is 1. The first-order chi connectivity index (χ1) is 15.9. The van der Waals surface area contributed by atoms with Crippen LogP contribution < -0.4 is 10.9 Å². The van der Waals surface area contributed by atoms with E-state index < -0.39 is 6.04 Å². The third-order valence-corrected chi connectivity index (χ3v) is 6.60. The predicted molar refractivity (Wildman–Crippen MR) is 125 cm³/mol. The molecule has 3 heterocycles. The number of ether oxygens (including phenoxy) is 1. The molecule has 3 amide bonds. The number of carbonyl (C=O) groups is 2. The van der Waals surface area contributed by atoms with Gasteiger partial charge >= 0.3 is 6.03 Å². The number of piperazine rings is 1. The van der Waals surface area contributed by atoms with Gasteiger partial charge in [-0.2, -0.15) is 0 Å². The van der Waals surface area contributed by atoms with Crippen molar-refractivity contribution in [3.05, 3.63) is 46.4 Å². The van der Waals surface area contributed by atoms with Gasteiger partial charge in [-0.05, 0) is 26.0 Å². The van der Waals surface area contributed by atoms with Crippen molar-refractivity contribution >= 4 is 17.6 Å². The average molecular weight is 457 g/mol. The lowest BCUT2D eigenvalue weighted by molar-refractivity contribution is -0.121. The second kappa shape index (κ2) is 9.80. The van der Waals surface area contributed by atoms with Gasteiger partial charge in [-0.15, -0.1) is 0 Å². The highest BCUT2D eigenvalue weighted by Gasteiger charge is 2.31. The zero-order chi connectivity index (χ0) is 23.5. The van der Waals surface area contributed by atoms with Crippen LogP contribution in [0.2, 0.25) is 0 Å². The molecule has 0 aliphatic carbocycles. The van der Waals surface area contributed by atoms with Gasteiger partial charge in [-0.3, -0.25) is 19.2 Å². The number of hydrogen-bond acceptors (Lipinski definition) is 5. The summed E-state index contributed by atoms with van der Waals surface area (Å²) in [6.45, 7) is 8.39. The Balaban J connectivity index is 1.39. The van der Waals surface area contributed by atoms with Crippen LogP contribution in [0.25, 0.3) is 5.69 Å². The summed E-state index contributed by atoms with van der Waals surface area (Å²) < 4.78 is 8.61. The molecule has 1 aromatic carbocycles. The molecule has 178 valence electrons. The van der Waals surface area contributed by atoms with Crippen LogP contribution in [0.3, 0.4) is 0 Å². The third-order valence-electron chi connectivity index (χ3n) is 6.60. The first kappa shape index (κ1) is 23.1. The molecule has 4 rings (SSSR count). The number of aromatic nitrogens is 2. The fourth-order valence-corrected chi connectivity index (χ4v) is 4.36. The van der Waals surface area contributed by atoms with Gasteiger partial charge in [0.1, 0.15) is 5.69 Å². The van der Waals surface area contributed by atoms with E-state index in [2.05, 4.69) is 5.32 Å². The van der Waals surface area contributed by atoms with E-state index in [0.717, 1.165) is 5.69 Å². The first-order valence-electron chi connectivity index (χ1n) is 11.4. The van der Waals surface area contributed by atoms with Crippen LogP contribution in [0.15, 0.2) is 35.1 Å². The molecule has 2 aliphatic rings. The van der Waals surface area contributed by atoms with Crippen LogP contribution in [-0.4, -0.2) is 94.5 Å². The zero-order valence-corrected chi connectivity index (χ0v) is 19.5. The molecule has 1 aromatic heterocycles. The molecule has 1 N–H and O–H groups in total. The van der Waals surface area contributed by atoms with Crippen molar-refractivity contribution in [1.82, 2.24) is 24.1 Å². The van der Waals surface area contributed by atoms with Crippen LogP contribution in [0.4, 0.5) is 10.5 Å². The van der Waals surface area contributed by atoms with Crippen molar-refractivity contribution < 1.29 is 14.3 Å². The number of morpholine rings is 1. The lowest BCUT2D eigenvalue weighted by Gasteiger charge is -2.40. The van der Waals surface area contributed by atoms with E-state index in [1.807, 2.05) is 58.9 Å². The number of rotatable bonds is 4. The largest absolute Gasteiger partial charge is 0.378 e. The predicted octanol–water partition coefficient (Wildman–Crippen LogP) is 0.881. The maximum absolute atomic E-state index is 13.1. The van der Waals surface area contributed by atoms with Crippen molar-refractivity contribution in [2.24, 2.45) is 7.05 Å². The topological polar surface area (TPSA) is 92.1 Å². The molecular weight excluding hydrogens is 424 g/mol. The van der Waals surface area contributed by atoms with Gasteiger partial charge < -0.3 is 19.9 Å². The molecule has 0 saturated carbocycles. The standard InChI is InChI=1S/C23H32N6O4/c1-17-20(22(31)29(25(17)3)19-7-5-4-6-8-19)24-21(30)18(2)26-9-11-27(12-10-26)23(32)28-13-15-33-16-14-28/h4-8,18H,9-16H2,1-3H3,(H,24,30). The van der Waals surface area contributed by atoms with E-state index in [1.165, 1.54) is 0 Å². The first-order valence-corrected chi connectivity index (χ1v) is 11.4. The molecule has 2 saturated heterocycles. The summed E-state index contributed by atoms with van der Waals surface area (Å²) in [5.74, 6) is -0.228. The van der Waals surface area contributed by atoms with E-state index in [4.69, 9.17) is 4.74 Å². The number of nitrogens with zero attached hydrogens (tertiary/aromatic N) is 5. The Morgan fingerprint density at radius 1 is 0.970 bits per heavy atom. The molecule has 2 aromatic rings. The summed E-state index contributed by atoms with van der Waals surface area (Å²) in [7, 11) is 1.80. The highest BCUT2D eigenvalue weighted by Crippen LogP contribution is 2.16. The van der Waals surface area contributed by atoms with Crippen LogP contribution in [-0.2, 0) is 16.6 Å². The van der Waals surface area contributed by atoms with Crippen molar-refractivity contribution in [2.75, 3.05) is 57.8 Å². The normalized spacial score (nSPS) is 18.3. The summed E-state index contributed by atoms with van der Waals surface area (Å²) in [5, 5.41) is 2.85. The minimum absolute atomic E-state index is 0.0384. The lowest BCUT2D eigenvalue weighted by Crippen LogP contribution is -2.57. The fraction of sp³-hybridized carbons (Fsp3) is 0.522. The van der Waals surface area contributed by atoms with Gasteiger partial charge in [0, 0.05) is 46.3 Å². The minimum Gasteiger partial charge on any atom is -0.378 e. The third kappa shape index (κ3) is 4.67. The Kier molecular flexibility index (Phi) is 6.85. The zero-order valence-electron chi connectivity index (χ0n) is 19.5. The molecule has 2 fully saturated rings. The molecule has 10 heteroatoms. The van der Waals surface area contributed by atoms with E-state index in [-0.39, 0.29) is 17.5 Å². The van der Waals surface area contributed by atoms with Gasteiger partial charge in [-0.1, -0.05) is 18.2 Å². The molecule has 0 radical (unpaired) electrons. The van der Waals surface area contributed by atoms with Crippen molar-refractivity contribution in [3.8, 4) is 5.69 Å². The SMILES string of the molecule is Cc1c(NC(=O)C(C)N2CCN(C(=O)N3CCOCC3)CC2)c(=O)n(-c2ccccc2)n1C. The van der Waals surface area contributed by atoms with Crippen LogP contribution in [0.1, 0.15) is 12.6 Å². The molecule has 33 heavy (non-hydrogen) atoms. The van der Waals surface area contributed by atoms with Gasteiger partial charge in [0.2, 0.25) is 5.91 Å². The highest BCUT2D eigenvalue weighted by atomic mass is 16.5. The van der Waals surface area contributed by atoms with Crippen LogP contribution in [0, 0.1) is 6.92 Å². The van der Waals surface area contributed by atoms with Crippen molar-refractivity contribution in [2.45, 2.75) is 19.9 Å². The average Bonchev–Trinajstić information content (AvgIpc) is 3.07. The molecule has 1 atom stereocenters. The molecular formula is C23H32N6O4. The number of anilines is 1. The van der Waals surface area contributed by atoms with Crippen molar-refractivity contribution in [1.29, 1.82) is 0 Å². The van der Waals surface area contributed by atoms with Crippen LogP contribution in [0.5, 0.6) is 0 Å². The van der Waals surface area contributed by atoms with Crippen LogP contribution >= 0.6 is 0 Å². The second-order valence-electron chi connectivity index (χ2n) is 8.51. The Hall–Kier alpha value is -3.11. The van der Waals surface area contributed by atoms with Crippen molar-refractivity contribution in [3.63, 3.8) is 0 Å². The highest BCUT2D eigenvalue weighted by molar-refractivity contribution is 5.95. The number of urea groups is 1. The Morgan fingerprint density at radius 3 is 2.21 bits per heavy atom. The minimum atomic E-state index is -0.421. The van der Waals surface area contributed by atoms with Gasteiger partial charge in [0.15, 0.2) is 0 Å². The maximum atomic E-state index is 13.1. The maximum Gasteiger partial charge on any atom is 0.320 e. The molecule has 1 unspecified atom stereocenters. The fourth-order valence-electron chi connectivity index (χ4n) is 4.36. The van der Waals surface area contributed by atoms with E-state index >= 15 is 0 Å². The van der Waals surface area contributed by atoms with E-state index in [1.54, 1.807) is 16.4 Å². The number of nitrogens with one attached hydrogen (secondary N) is 1. The summed E-state index contributed by atoms with van der Waals surface area (Å²) >= 11 is 0. The molecule has 0 spiro atoms. The molecule has 2 aliphatic heterocycles. The van der Waals surface area contributed by atoms with E-state index in [9.17, 15) is 14.4 Å². The Labute approximate surface area is 193 Å². The van der Waals surface area contributed by atoms with Gasteiger partial charge in [-0.25, -0.2) is 9.48 Å². The van der Waals surface area contributed by atoms with Gasteiger partial charge in [0.05, 0.1) is 30.6 Å². The number of benzene rings is 1.